The molecule has 0 radical (unpaired) electrons. The van der Waals surface area contributed by atoms with E-state index in [9.17, 15) is 13.2 Å². The van der Waals surface area contributed by atoms with Crippen LogP contribution in [0.15, 0.2) is 11.2 Å². The minimum atomic E-state index is -3.82. The topological polar surface area (TPSA) is 92.5 Å². The fraction of sp³-hybridized carbons (Fsp3) is 0.600. The normalized spacial score (nSPS) is 24.8. The van der Waals surface area contributed by atoms with Crippen LogP contribution in [0.1, 0.15) is 13.3 Å². The number of halogens is 1. The molecule has 1 saturated heterocycles. The lowest BCUT2D eigenvalue weighted by atomic mass is 9.90. The third kappa shape index (κ3) is 2.24. The van der Waals surface area contributed by atoms with Crippen LogP contribution in [0.3, 0.4) is 0 Å². The van der Waals surface area contributed by atoms with Crippen LogP contribution >= 0.6 is 11.6 Å². The molecule has 0 aromatic carbocycles. The summed E-state index contributed by atoms with van der Waals surface area (Å²) in [6.07, 6.45) is 1.53. The van der Waals surface area contributed by atoms with Crippen molar-refractivity contribution in [3.8, 4) is 0 Å². The second-order valence-electron chi connectivity index (χ2n) is 4.88. The van der Waals surface area contributed by atoms with E-state index in [0.717, 1.165) is 4.31 Å². The van der Waals surface area contributed by atoms with Gasteiger partial charge in [0.1, 0.15) is 0 Å². The van der Waals surface area contributed by atoms with Crippen molar-refractivity contribution >= 4 is 27.6 Å². The second kappa shape index (κ2) is 4.46. The molecule has 106 valence electrons. The molecule has 1 aromatic heterocycles. The van der Waals surface area contributed by atoms with Crippen molar-refractivity contribution in [1.29, 1.82) is 0 Å². The van der Waals surface area contributed by atoms with Crippen LogP contribution in [0.5, 0.6) is 0 Å². The Labute approximate surface area is 115 Å². The average molecular weight is 308 g/mol. The number of aryl methyl sites for hydroxylation is 1. The third-order valence-corrected chi connectivity index (χ3v) is 5.73. The van der Waals surface area contributed by atoms with E-state index in [0.29, 0.717) is 0 Å². The van der Waals surface area contributed by atoms with Gasteiger partial charge in [-0.3, -0.25) is 9.48 Å². The summed E-state index contributed by atoms with van der Waals surface area (Å²) in [5, 5.41) is 12.8. The molecule has 7 nitrogen and oxygen atoms in total. The Hall–Kier alpha value is -1.12. The molecule has 0 spiro atoms. The molecule has 1 aliphatic heterocycles. The number of nitrogens with zero attached hydrogens (tertiary/aromatic N) is 3. The number of aliphatic carboxylic acids is 1. The van der Waals surface area contributed by atoms with Gasteiger partial charge in [-0.15, -0.1) is 0 Å². The number of hydrogen-bond donors (Lipinski definition) is 1. The predicted octanol–water partition coefficient (Wildman–Crippen LogP) is 0.559. The van der Waals surface area contributed by atoms with Crippen molar-refractivity contribution in [3.63, 3.8) is 0 Å². The van der Waals surface area contributed by atoms with E-state index in [1.54, 1.807) is 0 Å². The maximum atomic E-state index is 12.4. The number of aromatic nitrogens is 2. The average Bonchev–Trinajstić information content (AvgIpc) is 2.84. The molecule has 0 aliphatic carbocycles. The van der Waals surface area contributed by atoms with Gasteiger partial charge in [-0.25, -0.2) is 8.42 Å². The summed E-state index contributed by atoms with van der Waals surface area (Å²) in [5.41, 5.74) is -1.06. The van der Waals surface area contributed by atoms with Crippen molar-refractivity contribution in [2.45, 2.75) is 18.4 Å². The zero-order chi connectivity index (χ0) is 14.4. The van der Waals surface area contributed by atoms with Gasteiger partial charge < -0.3 is 5.11 Å². The molecule has 0 saturated carbocycles. The van der Waals surface area contributed by atoms with Gasteiger partial charge in [0.05, 0.1) is 16.6 Å². The van der Waals surface area contributed by atoms with Crippen LogP contribution in [0.4, 0.5) is 0 Å². The van der Waals surface area contributed by atoms with Crippen LogP contribution < -0.4 is 0 Å². The summed E-state index contributed by atoms with van der Waals surface area (Å²) < 4.78 is 27.2. The van der Waals surface area contributed by atoms with E-state index >= 15 is 0 Å². The molecule has 19 heavy (non-hydrogen) atoms. The Morgan fingerprint density at radius 2 is 2.21 bits per heavy atom. The molecular weight excluding hydrogens is 294 g/mol. The Balaban J connectivity index is 2.36. The molecule has 1 N–H and O–H groups in total. The van der Waals surface area contributed by atoms with Crippen LogP contribution in [0.25, 0.3) is 0 Å². The molecule has 0 bridgehead atoms. The monoisotopic (exact) mass is 307 g/mol. The van der Waals surface area contributed by atoms with E-state index < -0.39 is 21.4 Å². The lowest BCUT2D eigenvalue weighted by molar-refractivity contribution is -0.146. The lowest BCUT2D eigenvalue weighted by Crippen LogP contribution is -2.35. The summed E-state index contributed by atoms with van der Waals surface area (Å²) in [4.78, 5) is 11.2. The molecule has 1 unspecified atom stereocenters. The molecule has 1 aliphatic rings. The smallest absolute Gasteiger partial charge is 0.310 e. The standard InChI is InChI=1S/C10H14ClN3O4S/c1-10(9(15)16)3-4-14(6-10)19(17,18)8-7(11)5-12-13(8)2/h5H,3-4,6H2,1-2H3,(H,15,16). The van der Waals surface area contributed by atoms with Crippen molar-refractivity contribution in [2.24, 2.45) is 12.5 Å². The number of carboxylic acid groups (broad SMARTS) is 1. The van der Waals surface area contributed by atoms with Crippen molar-refractivity contribution in [3.05, 3.63) is 11.2 Å². The van der Waals surface area contributed by atoms with Gasteiger partial charge in [-0.2, -0.15) is 9.40 Å². The Morgan fingerprint density at radius 3 is 2.63 bits per heavy atom. The number of sulfonamides is 1. The molecule has 9 heteroatoms. The molecule has 2 rings (SSSR count). The maximum Gasteiger partial charge on any atom is 0.310 e. The van der Waals surface area contributed by atoms with Gasteiger partial charge in [0.2, 0.25) is 0 Å². The maximum absolute atomic E-state index is 12.4. The molecule has 1 aromatic rings. The predicted molar refractivity (Wildman–Crippen MR) is 67.3 cm³/mol. The van der Waals surface area contributed by atoms with Crippen LogP contribution in [-0.4, -0.2) is 46.7 Å². The van der Waals surface area contributed by atoms with Gasteiger partial charge in [0.25, 0.3) is 10.0 Å². The SMILES string of the molecule is Cn1ncc(Cl)c1S(=O)(=O)N1CCC(C)(C(=O)O)C1. The van der Waals surface area contributed by atoms with Gasteiger partial charge in [0.15, 0.2) is 5.03 Å². The Kier molecular flexibility index (Phi) is 3.36. The number of carboxylic acids is 1. The largest absolute Gasteiger partial charge is 0.481 e. The summed E-state index contributed by atoms with van der Waals surface area (Å²) >= 11 is 5.84. The van der Waals surface area contributed by atoms with E-state index in [4.69, 9.17) is 16.7 Å². The van der Waals surface area contributed by atoms with Crippen LogP contribution in [0.2, 0.25) is 5.02 Å². The molecule has 1 fully saturated rings. The van der Waals surface area contributed by atoms with E-state index in [1.807, 2.05) is 0 Å². The summed E-state index contributed by atoms with van der Waals surface area (Å²) in [6.45, 7) is 1.63. The second-order valence-corrected chi connectivity index (χ2v) is 7.14. The first-order valence-electron chi connectivity index (χ1n) is 5.59. The summed E-state index contributed by atoms with van der Waals surface area (Å²) in [7, 11) is -2.35. The van der Waals surface area contributed by atoms with E-state index in [1.165, 1.54) is 24.9 Å². The number of carbonyl (C=O) groups is 1. The van der Waals surface area contributed by atoms with Crippen LogP contribution in [-0.2, 0) is 21.9 Å². The van der Waals surface area contributed by atoms with E-state index in [-0.39, 0.29) is 29.6 Å². The highest BCUT2D eigenvalue weighted by molar-refractivity contribution is 7.89. The zero-order valence-corrected chi connectivity index (χ0v) is 12.1. The first-order chi connectivity index (χ1) is 8.68. The van der Waals surface area contributed by atoms with Crippen molar-refractivity contribution in [1.82, 2.24) is 14.1 Å². The Morgan fingerprint density at radius 1 is 1.58 bits per heavy atom. The lowest BCUT2D eigenvalue weighted by Gasteiger charge is -2.20. The number of hydrogen-bond acceptors (Lipinski definition) is 4. The van der Waals surface area contributed by atoms with Crippen molar-refractivity contribution < 1.29 is 18.3 Å². The van der Waals surface area contributed by atoms with Crippen molar-refractivity contribution in [2.75, 3.05) is 13.1 Å². The zero-order valence-electron chi connectivity index (χ0n) is 10.5. The molecule has 2 heterocycles. The first kappa shape index (κ1) is 14.3. The first-order valence-corrected chi connectivity index (χ1v) is 7.41. The van der Waals surface area contributed by atoms with Gasteiger partial charge in [0, 0.05) is 20.1 Å². The quantitative estimate of drug-likeness (QED) is 0.880. The number of rotatable bonds is 3. The minimum absolute atomic E-state index is 0.0337. The Bertz CT molecular complexity index is 607. The third-order valence-electron chi connectivity index (χ3n) is 3.38. The fourth-order valence-corrected chi connectivity index (χ4v) is 4.28. The highest BCUT2D eigenvalue weighted by Crippen LogP contribution is 2.35. The molecule has 0 amide bonds. The minimum Gasteiger partial charge on any atom is -0.481 e. The van der Waals surface area contributed by atoms with Crippen LogP contribution in [0, 0.1) is 5.41 Å². The molecular formula is C10H14ClN3O4S. The molecule has 1 atom stereocenters. The summed E-state index contributed by atoms with van der Waals surface area (Å²) in [5.74, 6) is -0.999. The van der Waals surface area contributed by atoms with Gasteiger partial charge in [-0.05, 0) is 13.3 Å². The van der Waals surface area contributed by atoms with Gasteiger partial charge >= 0.3 is 5.97 Å². The van der Waals surface area contributed by atoms with Gasteiger partial charge in [-0.1, -0.05) is 11.6 Å². The van der Waals surface area contributed by atoms with E-state index in [2.05, 4.69) is 5.10 Å². The summed E-state index contributed by atoms with van der Waals surface area (Å²) in [6, 6.07) is 0. The highest BCUT2D eigenvalue weighted by Gasteiger charge is 2.46. The highest BCUT2D eigenvalue weighted by atomic mass is 35.5. The fourth-order valence-electron chi connectivity index (χ4n) is 2.11.